The van der Waals surface area contributed by atoms with Gasteiger partial charge in [0.1, 0.15) is 5.82 Å². The average Bonchev–Trinajstić information content (AvgIpc) is 2.07. The second-order valence-corrected chi connectivity index (χ2v) is 2.84. The number of nitrogens with zero attached hydrogens (tertiary/aromatic N) is 2. The predicted molar refractivity (Wildman–Crippen MR) is 46.2 cm³/mol. The molecule has 0 saturated carbocycles. The van der Waals surface area contributed by atoms with Crippen molar-refractivity contribution in [3.05, 3.63) is 17.2 Å². The van der Waals surface area contributed by atoms with Crippen LogP contribution in [-0.2, 0) is 11.0 Å². The van der Waals surface area contributed by atoms with Crippen molar-refractivity contribution in [1.82, 2.24) is 9.97 Å². The Morgan fingerprint density at radius 2 is 1.87 bits per heavy atom. The highest BCUT2D eigenvalue weighted by Gasteiger charge is 2.36. The van der Waals surface area contributed by atoms with Crippen molar-refractivity contribution >= 4 is 12.1 Å². The van der Waals surface area contributed by atoms with E-state index in [1.165, 1.54) is 13.8 Å². The van der Waals surface area contributed by atoms with E-state index in [1.807, 2.05) is 5.32 Å². The number of anilines is 1. The second-order valence-electron chi connectivity index (χ2n) is 2.84. The van der Waals surface area contributed by atoms with Crippen molar-refractivity contribution < 1.29 is 18.0 Å². The van der Waals surface area contributed by atoms with Gasteiger partial charge in [-0.15, -0.1) is 0 Å². The fraction of sp³-hybridized carbons (Fsp3) is 0.375. The fourth-order valence-electron chi connectivity index (χ4n) is 1.15. The van der Waals surface area contributed by atoms with Crippen LogP contribution in [0.5, 0.6) is 0 Å². The molecular formula is C8H8F3N3O. The van der Waals surface area contributed by atoms with Crippen molar-refractivity contribution in [2.45, 2.75) is 20.0 Å². The van der Waals surface area contributed by atoms with Crippen LogP contribution >= 0.6 is 0 Å². The van der Waals surface area contributed by atoms with Crippen LogP contribution in [0.4, 0.5) is 18.9 Å². The quantitative estimate of drug-likeness (QED) is 0.770. The molecule has 1 amide bonds. The molecule has 0 aliphatic carbocycles. The lowest BCUT2D eigenvalue weighted by Gasteiger charge is -2.13. The van der Waals surface area contributed by atoms with E-state index in [2.05, 4.69) is 9.97 Å². The van der Waals surface area contributed by atoms with Crippen LogP contribution in [-0.4, -0.2) is 16.4 Å². The third-order valence-electron chi connectivity index (χ3n) is 1.67. The molecule has 0 unspecified atom stereocenters. The summed E-state index contributed by atoms with van der Waals surface area (Å²) in [5.74, 6) is 0.0104. The number of halogens is 3. The van der Waals surface area contributed by atoms with Crippen LogP contribution in [0, 0.1) is 13.8 Å². The average molecular weight is 219 g/mol. The lowest BCUT2D eigenvalue weighted by atomic mass is 10.2. The molecule has 0 aromatic carbocycles. The number of nitrogens with one attached hydrogen (secondary N) is 1. The number of aryl methyl sites for hydroxylation is 2. The molecule has 1 rings (SSSR count). The molecule has 1 aromatic heterocycles. The van der Waals surface area contributed by atoms with Crippen LogP contribution in [0.25, 0.3) is 0 Å². The Kier molecular flexibility index (Phi) is 2.92. The number of alkyl halides is 3. The zero-order chi connectivity index (χ0) is 11.6. The monoisotopic (exact) mass is 219 g/mol. The number of amides is 1. The van der Waals surface area contributed by atoms with Gasteiger partial charge < -0.3 is 5.32 Å². The maximum atomic E-state index is 12.5. The minimum Gasteiger partial charge on any atom is -0.325 e. The van der Waals surface area contributed by atoms with Crippen LogP contribution in [0.2, 0.25) is 0 Å². The van der Waals surface area contributed by atoms with E-state index >= 15 is 0 Å². The molecule has 0 spiro atoms. The van der Waals surface area contributed by atoms with Gasteiger partial charge >= 0.3 is 6.18 Å². The molecule has 1 N–H and O–H groups in total. The minimum absolute atomic E-state index is 0.0104. The lowest BCUT2D eigenvalue weighted by molar-refractivity contribution is -0.140. The lowest BCUT2D eigenvalue weighted by Crippen LogP contribution is -2.16. The summed E-state index contributed by atoms with van der Waals surface area (Å²) in [6.07, 6.45) is -4.44. The smallest absolute Gasteiger partial charge is 0.325 e. The Balaban J connectivity index is 3.39. The van der Waals surface area contributed by atoms with Gasteiger partial charge in [-0.3, -0.25) is 4.79 Å². The molecule has 15 heavy (non-hydrogen) atoms. The normalized spacial score (nSPS) is 11.3. The summed E-state index contributed by atoms with van der Waals surface area (Å²) < 4.78 is 37.5. The summed E-state index contributed by atoms with van der Waals surface area (Å²) in [7, 11) is 0. The Morgan fingerprint density at radius 1 is 1.27 bits per heavy atom. The molecule has 1 heterocycles. The molecular weight excluding hydrogens is 211 g/mol. The van der Waals surface area contributed by atoms with Gasteiger partial charge in [-0.25, -0.2) is 9.97 Å². The van der Waals surface area contributed by atoms with Crippen molar-refractivity contribution in [3.8, 4) is 0 Å². The second kappa shape index (κ2) is 3.84. The van der Waals surface area contributed by atoms with E-state index < -0.39 is 17.6 Å². The predicted octanol–water partition coefficient (Wildman–Crippen LogP) is 1.68. The van der Waals surface area contributed by atoms with E-state index in [1.54, 1.807) is 0 Å². The van der Waals surface area contributed by atoms with Gasteiger partial charge in [0.05, 0.1) is 11.4 Å². The molecule has 1 aromatic rings. The maximum Gasteiger partial charge on any atom is 0.435 e. The molecule has 7 heteroatoms. The van der Waals surface area contributed by atoms with E-state index in [0.29, 0.717) is 0 Å². The first kappa shape index (κ1) is 11.4. The Bertz CT molecular complexity index is 389. The zero-order valence-corrected chi connectivity index (χ0v) is 8.01. The first-order chi connectivity index (χ1) is 6.86. The van der Waals surface area contributed by atoms with E-state index in [0.717, 1.165) is 0 Å². The number of hydrogen-bond donors (Lipinski definition) is 1. The van der Waals surface area contributed by atoms with Gasteiger partial charge in [-0.05, 0) is 13.8 Å². The van der Waals surface area contributed by atoms with Crippen LogP contribution in [0.15, 0.2) is 0 Å². The Morgan fingerprint density at radius 3 is 2.33 bits per heavy atom. The number of aromatic nitrogens is 2. The third kappa shape index (κ3) is 2.42. The van der Waals surface area contributed by atoms with Crippen molar-refractivity contribution in [1.29, 1.82) is 0 Å². The topological polar surface area (TPSA) is 54.9 Å². The van der Waals surface area contributed by atoms with Gasteiger partial charge in [0.25, 0.3) is 0 Å². The van der Waals surface area contributed by atoms with Gasteiger partial charge in [-0.2, -0.15) is 13.2 Å². The van der Waals surface area contributed by atoms with Gasteiger partial charge in [0, 0.05) is 0 Å². The largest absolute Gasteiger partial charge is 0.435 e. The number of hydrogen-bond acceptors (Lipinski definition) is 3. The summed E-state index contributed by atoms with van der Waals surface area (Å²) >= 11 is 0. The van der Waals surface area contributed by atoms with Crippen molar-refractivity contribution in [2.24, 2.45) is 0 Å². The Hall–Kier alpha value is -1.66. The van der Waals surface area contributed by atoms with E-state index in [-0.39, 0.29) is 17.9 Å². The van der Waals surface area contributed by atoms with Crippen LogP contribution < -0.4 is 5.32 Å². The Labute approximate surface area is 83.5 Å². The molecule has 4 nitrogen and oxygen atoms in total. The summed E-state index contributed by atoms with van der Waals surface area (Å²) in [5, 5.41) is 1.95. The molecule has 0 radical (unpaired) electrons. The standard InChI is InChI=1S/C8H8F3N3O/c1-4-6(12-3-15)7(8(9,10)11)14-5(2)13-4/h3H,1-2H3,(H,12,15). The molecule has 0 atom stereocenters. The summed E-state index contributed by atoms with van der Waals surface area (Å²) in [4.78, 5) is 17.2. The minimum atomic E-state index is -4.61. The van der Waals surface area contributed by atoms with Gasteiger partial charge in [-0.1, -0.05) is 0 Å². The van der Waals surface area contributed by atoms with Gasteiger partial charge in [0.2, 0.25) is 6.41 Å². The van der Waals surface area contributed by atoms with Gasteiger partial charge in [0.15, 0.2) is 5.69 Å². The highest BCUT2D eigenvalue weighted by molar-refractivity contribution is 5.74. The highest BCUT2D eigenvalue weighted by Crippen LogP contribution is 2.34. The van der Waals surface area contributed by atoms with E-state index in [4.69, 9.17) is 0 Å². The highest BCUT2D eigenvalue weighted by atomic mass is 19.4. The SMILES string of the molecule is Cc1nc(C)c(NC=O)c(C(F)(F)F)n1. The van der Waals surface area contributed by atoms with Crippen LogP contribution in [0.3, 0.4) is 0 Å². The molecule has 0 aliphatic heterocycles. The number of rotatable bonds is 2. The summed E-state index contributed by atoms with van der Waals surface area (Å²) in [6.45, 7) is 2.72. The van der Waals surface area contributed by atoms with Crippen molar-refractivity contribution in [3.63, 3.8) is 0 Å². The molecule has 82 valence electrons. The fourth-order valence-corrected chi connectivity index (χ4v) is 1.15. The van der Waals surface area contributed by atoms with Crippen LogP contribution in [0.1, 0.15) is 17.2 Å². The maximum absolute atomic E-state index is 12.5. The van der Waals surface area contributed by atoms with E-state index in [9.17, 15) is 18.0 Å². The third-order valence-corrected chi connectivity index (χ3v) is 1.67. The number of carbonyl (C=O) groups is 1. The number of carbonyl (C=O) groups excluding carboxylic acids is 1. The molecule has 0 saturated heterocycles. The molecule has 0 bridgehead atoms. The molecule has 0 fully saturated rings. The first-order valence-electron chi connectivity index (χ1n) is 3.99. The van der Waals surface area contributed by atoms with Crippen molar-refractivity contribution in [2.75, 3.05) is 5.32 Å². The molecule has 0 aliphatic rings. The summed E-state index contributed by atoms with van der Waals surface area (Å²) in [6, 6.07) is 0. The summed E-state index contributed by atoms with van der Waals surface area (Å²) in [5.41, 5.74) is -1.44. The first-order valence-corrected chi connectivity index (χ1v) is 3.99. The zero-order valence-electron chi connectivity index (χ0n) is 8.01.